The lowest BCUT2D eigenvalue weighted by Crippen LogP contribution is -2.44. The molecule has 6 nitrogen and oxygen atoms in total. The third kappa shape index (κ3) is 4.60. The molecule has 31 heavy (non-hydrogen) atoms. The van der Waals surface area contributed by atoms with Crippen LogP contribution in [0.4, 0.5) is 0 Å². The molecule has 1 aromatic heterocycles. The molecule has 1 aliphatic rings. The second-order valence-corrected chi connectivity index (χ2v) is 8.34. The fraction of sp³-hybridized carbons (Fsp3) is 0.333. The van der Waals surface area contributed by atoms with Crippen molar-refractivity contribution >= 4 is 17.5 Å². The topological polar surface area (TPSA) is 65.4 Å². The fourth-order valence-corrected chi connectivity index (χ4v) is 4.24. The van der Waals surface area contributed by atoms with E-state index in [0.29, 0.717) is 36.2 Å². The molecule has 7 heteroatoms. The van der Waals surface area contributed by atoms with Crippen LogP contribution in [0.3, 0.4) is 0 Å². The van der Waals surface area contributed by atoms with Crippen molar-refractivity contribution in [1.29, 1.82) is 0 Å². The van der Waals surface area contributed by atoms with Crippen LogP contribution < -0.4 is 10.1 Å². The number of amides is 1. The van der Waals surface area contributed by atoms with Crippen LogP contribution >= 0.6 is 11.6 Å². The molecule has 0 atom stereocenters. The van der Waals surface area contributed by atoms with Gasteiger partial charge in [-0.05, 0) is 61.2 Å². The number of rotatable bonds is 6. The van der Waals surface area contributed by atoms with Gasteiger partial charge in [0.15, 0.2) is 5.69 Å². The van der Waals surface area contributed by atoms with E-state index in [0.717, 1.165) is 29.7 Å². The minimum absolute atomic E-state index is 0.207. The van der Waals surface area contributed by atoms with Gasteiger partial charge in [-0.2, -0.15) is 5.10 Å². The molecule has 4 rings (SSSR count). The molecule has 162 valence electrons. The summed E-state index contributed by atoms with van der Waals surface area (Å²) in [5.41, 5.74) is 3.15. The van der Waals surface area contributed by atoms with Crippen molar-refractivity contribution in [3.05, 3.63) is 76.6 Å². The van der Waals surface area contributed by atoms with Crippen molar-refractivity contribution in [3.63, 3.8) is 0 Å². The third-order valence-corrected chi connectivity index (χ3v) is 6.11. The first-order valence-electron chi connectivity index (χ1n) is 10.3. The van der Waals surface area contributed by atoms with E-state index in [-0.39, 0.29) is 11.3 Å². The molecule has 0 radical (unpaired) electrons. The van der Waals surface area contributed by atoms with Crippen molar-refractivity contribution in [2.45, 2.75) is 25.2 Å². The molecular formula is C24H26ClN3O3. The number of ether oxygens (including phenoxy) is 2. The normalized spacial score (nSPS) is 15.5. The fourth-order valence-electron chi connectivity index (χ4n) is 4.05. The lowest BCUT2D eigenvalue weighted by atomic mass is 9.74. The van der Waals surface area contributed by atoms with Gasteiger partial charge in [-0.25, -0.2) is 4.68 Å². The quantitative estimate of drug-likeness (QED) is 0.621. The van der Waals surface area contributed by atoms with Crippen LogP contribution in [0.25, 0.3) is 5.69 Å². The molecule has 2 heterocycles. The maximum atomic E-state index is 12.9. The molecule has 0 aliphatic carbocycles. The van der Waals surface area contributed by atoms with E-state index in [9.17, 15) is 4.79 Å². The highest BCUT2D eigenvalue weighted by molar-refractivity contribution is 6.30. The Kier molecular flexibility index (Phi) is 6.30. The van der Waals surface area contributed by atoms with Gasteiger partial charge in [-0.3, -0.25) is 4.79 Å². The number of aromatic nitrogens is 2. The lowest BCUT2D eigenvalue weighted by molar-refractivity contribution is 0.0486. The van der Waals surface area contributed by atoms with Crippen LogP contribution in [0, 0.1) is 6.92 Å². The zero-order valence-electron chi connectivity index (χ0n) is 17.7. The Balaban J connectivity index is 1.53. The summed E-state index contributed by atoms with van der Waals surface area (Å²) in [5, 5.41) is 8.26. The summed E-state index contributed by atoms with van der Waals surface area (Å²) in [6.07, 6.45) is 3.42. The number of nitrogens with zero attached hydrogens (tertiary/aromatic N) is 2. The molecule has 1 aliphatic heterocycles. The molecule has 2 aromatic carbocycles. The van der Waals surface area contributed by atoms with Crippen molar-refractivity contribution < 1.29 is 14.3 Å². The Morgan fingerprint density at radius 1 is 1.23 bits per heavy atom. The van der Waals surface area contributed by atoms with Crippen LogP contribution in [-0.4, -0.2) is 42.6 Å². The van der Waals surface area contributed by atoms with Crippen molar-refractivity contribution in [2.24, 2.45) is 0 Å². The number of aryl methyl sites for hydroxylation is 1. The SMILES string of the molecule is COc1ccc(C)cc1-n1ccc(C(=O)NCC2(c3cccc(Cl)c3)CCOCC2)n1. The monoisotopic (exact) mass is 439 g/mol. The molecule has 3 aromatic rings. The lowest BCUT2D eigenvalue weighted by Gasteiger charge is -2.38. The molecule has 0 saturated carbocycles. The molecule has 1 fully saturated rings. The first-order valence-corrected chi connectivity index (χ1v) is 10.7. The maximum absolute atomic E-state index is 12.9. The van der Waals surface area contributed by atoms with Gasteiger partial charge in [0.2, 0.25) is 0 Å². The van der Waals surface area contributed by atoms with Gasteiger partial charge < -0.3 is 14.8 Å². The minimum Gasteiger partial charge on any atom is -0.494 e. The zero-order valence-corrected chi connectivity index (χ0v) is 18.5. The summed E-state index contributed by atoms with van der Waals surface area (Å²) in [6.45, 7) is 3.81. The second-order valence-electron chi connectivity index (χ2n) is 7.91. The number of methoxy groups -OCH3 is 1. The molecule has 0 bridgehead atoms. The van der Waals surface area contributed by atoms with Crippen LogP contribution in [0.15, 0.2) is 54.7 Å². The number of carbonyl (C=O) groups excluding carboxylic acids is 1. The highest BCUT2D eigenvalue weighted by Crippen LogP contribution is 2.35. The highest BCUT2D eigenvalue weighted by Gasteiger charge is 2.35. The Bertz CT molecular complexity index is 1070. The Hall–Kier alpha value is -2.83. The Labute approximate surface area is 187 Å². The van der Waals surface area contributed by atoms with E-state index in [2.05, 4.69) is 16.5 Å². The maximum Gasteiger partial charge on any atom is 0.271 e. The zero-order chi connectivity index (χ0) is 21.8. The molecule has 1 N–H and O–H groups in total. The first-order chi connectivity index (χ1) is 15.0. The summed E-state index contributed by atoms with van der Waals surface area (Å²) >= 11 is 6.24. The van der Waals surface area contributed by atoms with Gasteiger partial charge in [-0.15, -0.1) is 0 Å². The third-order valence-electron chi connectivity index (χ3n) is 5.88. The van der Waals surface area contributed by atoms with E-state index in [1.165, 1.54) is 0 Å². The van der Waals surface area contributed by atoms with Crippen LogP contribution in [0.1, 0.15) is 34.5 Å². The molecule has 0 unspecified atom stereocenters. The van der Waals surface area contributed by atoms with Gasteiger partial charge in [0.05, 0.1) is 7.11 Å². The molecule has 1 saturated heterocycles. The molecule has 0 spiro atoms. The molecule has 1 amide bonds. The average Bonchev–Trinajstić information content (AvgIpc) is 3.28. The van der Waals surface area contributed by atoms with E-state index < -0.39 is 0 Å². The van der Waals surface area contributed by atoms with E-state index in [4.69, 9.17) is 21.1 Å². The number of hydrogen-bond acceptors (Lipinski definition) is 4. The summed E-state index contributed by atoms with van der Waals surface area (Å²) < 4.78 is 12.7. The number of benzene rings is 2. The Morgan fingerprint density at radius 3 is 2.77 bits per heavy atom. The number of carbonyl (C=O) groups is 1. The van der Waals surface area contributed by atoms with Crippen molar-refractivity contribution in [2.75, 3.05) is 26.9 Å². The minimum atomic E-state index is -0.210. The van der Waals surface area contributed by atoms with Gasteiger partial charge in [0.25, 0.3) is 5.91 Å². The predicted molar refractivity (Wildman–Crippen MR) is 120 cm³/mol. The average molecular weight is 440 g/mol. The van der Waals surface area contributed by atoms with Crippen LogP contribution in [0.5, 0.6) is 5.75 Å². The summed E-state index contributed by atoms with van der Waals surface area (Å²) in [6, 6.07) is 15.4. The van der Waals surface area contributed by atoms with Crippen LogP contribution in [0.2, 0.25) is 5.02 Å². The van der Waals surface area contributed by atoms with E-state index in [1.807, 2.05) is 43.3 Å². The van der Waals surface area contributed by atoms with Gasteiger partial charge in [0.1, 0.15) is 11.4 Å². The number of nitrogens with one attached hydrogen (secondary N) is 1. The standard InChI is InChI=1S/C24H26ClN3O3/c1-17-6-7-22(30-2)21(14-17)28-11-8-20(27-28)23(29)26-16-24(9-12-31-13-10-24)18-4-3-5-19(25)15-18/h3-8,11,14-15H,9-10,12-13,16H2,1-2H3,(H,26,29). The summed E-state index contributed by atoms with van der Waals surface area (Å²) in [7, 11) is 1.62. The summed E-state index contributed by atoms with van der Waals surface area (Å²) in [4.78, 5) is 12.9. The summed E-state index contributed by atoms with van der Waals surface area (Å²) in [5.74, 6) is 0.487. The largest absolute Gasteiger partial charge is 0.494 e. The van der Waals surface area contributed by atoms with E-state index in [1.54, 1.807) is 24.1 Å². The smallest absolute Gasteiger partial charge is 0.271 e. The number of halogens is 1. The molecular weight excluding hydrogens is 414 g/mol. The highest BCUT2D eigenvalue weighted by atomic mass is 35.5. The Morgan fingerprint density at radius 2 is 2.03 bits per heavy atom. The van der Waals surface area contributed by atoms with Gasteiger partial charge in [0, 0.05) is 36.4 Å². The van der Waals surface area contributed by atoms with Crippen LogP contribution in [-0.2, 0) is 10.2 Å². The van der Waals surface area contributed by atoms with Gasteiger partial charge >= 0.3 is 0 Å². The second kappa shape index (κ2) is 9.12. The van der Waals surface area contributed by atoms with Crippen molar-refractivity contribution in [1.82, 2.24) is 15.1 Å². The predicted octanol–water partition coefficient (Wildman–Crippen LogP) is 4.32. The van der Waals surface area contributed by atoms with E-state index >= 15 is 0 Å². The van der Waals surface area contributed by atoms with Crippen molar-refractivity contribution in [3.8, 4) is 11.4 Å². The number of hydrogen-bond donors (Lipinski definition) is 1. The first kappa shape index (κ1) is 21.4. The van der Waals surface area contributed by atoms with Gasteiger partial charge in [-0.1, -0.05) is 29.8 Å².